The molecule has 0 spiro atoms. The molecular formula is C11H10BrF4NO2. The van der Waals surface area contributed by atoms with Gasteiger partial charge in [0.25, 0.3) is 0 Å². The van der Waals surface area contributed by atoms with Gasteiger partial charge in [-0.2, -0.15) is 13.2 Å². The summed E-state index contributed by atoms with van der Waals surface area (Å²) in [5.41, 5.74) is 0.749. The third-order valence-corrected chi connectivity index (χ3v) is 2.65. The number of halogens is 5. The molecule has 0 radical (unpaired) electrons. The number of aryl methyl sites for hydroxylation is 1. The van der Waals surface area contributed by atoms with Crippen molar-refractivity contribution < 1.29 is 27.1 Å². The highest BCUT2D eigenvalue weighted by molar-refractivity contribution is 9.10. The SMILES string of the molecule is Cc1cc(Br)c(F)cc1NC(=O)COCC(F)(F)F. The zero-order valence-electron chi connectivity index (χ0n) is 9.78. The molecule has 1 N–H and O–H groups in total. The van der Waals surface area contributed by atoms with Gasteiger partial charge in [-0.3, -0.25) is 4.79 Å². The van der Waals surface area contributed by atoms with Crippen LogP contribution in [0.25, 0.3) is 0 Å². The van der Waals surface area contributed by atoms with E-state index in [2.05, 4.69) is 26.0 Å². The summed E-state index contributed by atoms with van der Waals surface area (Å²) in [5.74, 6) is -1.37. The predicted molar refractivity (Wildman–Crippen MR) is 64.3 cm³/mol. The zero-order valence-corrected chi connectivity index (χ0v) is 11.4. The molecule has 1 aromatic carbocycles. The fourth-order valence-corrected chi connectivity index (χ4v) is 1.68. The number of carbonyl (C=O) groups excluding carboxylic acids is 1. The van der Waals surface area contributed by atoms with E-state index in [1.54, 1.807) is 6.92 Å². The normalized spacial score (nSPS) is 11.5. The van der Waals surface area contributed by atoms with Gasteiger partial charge in [0.1, 0.15) is 19.0 Å². The first kappa shape index (κ1) is 15.9. The number of hydrogen-bond acceptors (Lipinski definition) is 2. The van der Waals surface area contributed by atoms with Crippen LogP contribution in [0.2, 0.25) is 0 Å². The van der Waals surface area contributed by atoms with Gasteiger partial charge in [-0.25, -0.2) is 4.39 Å². The van der Waals surface area contributed by atoms with Crippen LogP contribution < -0.4 is 5.32 Å². The Labute approximate surface area is 115 Å². The molecule has 0 aliphatic carbocycles. The molecule has 19 heavy (non-hydrogen) atoms. The number of hydrogen-bond donors (Lipinski definition) is 1. The van der Waals surface area contributed by atoms with Crippen molar-refractivity contribution in [3.05, 3.63) is 28.0 Å². The van der Waals surface area contributed by atoms with E-state index in [4.69, 9.17) is 0 Å². The minimum absolute atomic E-state index is 0.182. The van der Waals surface area contributed by atoms with Gasteiger partial charge >= 0.3 is 6.18 Å². The van der Waals surface area contributed by atoms with Crippen LogP contribution in [-0.2, 0) is 9.53 Å². The first-order chi connectivity index (χ1) is 8.69. The van der Waals surface area contributed by atoms with Gasteiger partial charge < -0.3 is 10.1 Å². The molecule has 0 atom stereocenters. The molecule has 0 saturated carbocycles. The van der Waals surface area contributed by atoms with E-state index >= 15 is 0 Å². The summed E-state index contributed by atoms with van der Waals surface area (Å²) in [4.78, 5) is 11.3. The maximum absolute atomic E-state index is 13.2. The van der Waals surface area contributed by atoms with Crippen LogP contribution in [0.3, 0.4) is 0 Å². The van der Waals surface area contributed by atoms with Gasteiger partial charge in [-0.15, -0.1) is 0 Å². The third kappa shape index (κ3) is 5.56. The minimum atomic E-state index is -4.49. The molecule has 0 aliphatic rings. The summed E-state index contributed by atoms with van der Waals surface area (Å²) < 4.78 is 53.0. The maximum Gasteiger partial charge on any atom is 0.411 e. The molecule has 0 bridgehead atoms. The Hall–Kier alpha value is -1.15. The van der Waals surface area contributed by atoms with Crippen LogP contribution in [0.15, 0.2) is 16.6 Å². The van der Waals surface area contributed by atoms with Gasteiger partial charge in [0.2, 0.25) is 5.91 Å². The quantitative estimate of drug-likeness (QED) is 0.851. The maximum atomic E-state index is 13.2. The van der Waals surface area contributed by atoms with Gasteiger partial charge in [0.05, 0.1) is 4.47 Å². The molecule has 1 rings (SSSR count). The summed E-state index contributed by atoms with van der Waals surface area (Å²) in [6.45, 7) is -0.638. The van der Waals surface area contributed by atoms with Gasteiger partial charge in [-0.1, -0.05) is 0 Å². The number of amides is 1. The predicted octanol–water partition coefficient (Wildman–Crippen LogP) is 3.41. The van der Waals surface area contributed by atoms with Crippen molar-refractivity contribution in [2.45, 2.75) is 13.1 Å². The Morgan fingerprint density at radius 3 is 2.63 bits per heavy atom. The Morgan fingerprint density at radius 1 is 1.42 bits per heavy atom. The van der Waals surface area contributed by atoms with Crippen molar-refractivity contribution >= 4 is 27.5 Å². The molecular weight excluding hydrogens is 334 g/mol. The lowest BCUT2D eigenvalue weighted by molar-refractivity contribution is -0.174. The van der Waals surface area contributed by atoms with E-state index in [-0.39, 0.29) is 10.2 Å². The molecule has 3 nitrogen and oxygen atoms in total. The average molecular weight is 344 g/mol. The second-order valence-electron chi connectivity index (χ2n) is 3.74. The molecule has 0 fully saturated rings. The van der Waals surface area contributed by atoms with Crippen molar-refractivity contribution in [3.63, 3.8) is 0 Å². The lowest BCUT2D eigenvalue weighted by Gasteiger charge is -2.10. The van der Waals surface area contributed by atoms with Gasteiger partial charge in [0, 0.05) is 5.69 Å². The minimum Gasteiger partial charge on any atom is -0.362 e. The number of alkyl halides is 3. The van der Waals surface area contributed by atoms with E-state index < -0.39 is 31.1 Å². The van der Waals surface area contributed by atoms with Crippen LogP contribution in [0.1, 0.15) is 5.56 Å². The molecule has 0 saturated heterocycles. The van der Waals surface area contributed by atoms with E-state index in [0.29, 0.717) is 5.56 Å². The Bertz CT molecular complexity index is 476. The highest BCUT2D eigenvalue weighted by atomic mass is 79.9. The summed E-state index contributed by atoms with van der Waals surface area (Å²) in [6, 6.07) is 2.52. The average Bonchev–Trinajstić information content (AvgIpc) is 2.24. The molecule has 0 aromatic heterocycles. The molecule has 8 heteroatoms. The van der Waals surface area contributed by atoms with Crippen LogP contribution in [0.4, 0.5) is 23.2 Å². The van der Waals surface area contributed by atoms with Crippen LogP contribution >= 0.6 is 15.9 Å². The molecule has 1 amide bonds. The molecule has 106 valence electrons. The fourth-order valence-electron chi connectivity index (χ4n) is 1.23. The smallest absolute Gasteiger partial charge is 0.362 e. The van der Waals surface area contributed by atoms with Crippen LogP contribution in [-0.4, -0.2) is 25.3 Å². The standard InChI is InChI=1S/C11H10BrF4NO2/c1-6-2-7(12)8(13)3-9(6)17-10(18)4-19-5-11(14,15)16/h2-3H,4-5H2,1H3,(H,17,18). The first-order valence-corrected chi connectivity index (χ1v) is 5.88. The summed E-state index contributed by atoms with van der Waals surface area (Å²) in [5, 5.41) is 2.27. The highest BCUT2D eigenvalue weighted by Crippen LogP contribution is 2.23. The van der Waals surface area contributed by atoms with Crippen molar-refractivity contribution in [3.8, 4) is 0 Å². The highest BCUT2D eigenvalue weighted by Gasteiger charge is 2.27. The number of carbonyl (C=O) groups is 1. The van der Waals surface area contributed by atoms with Crippen molar-refractivity contribution in [1.29, 1.82) is 0 Å². The third-order valence-electron chi connectivity index (χ3n) is 2.04. The Balaban J connectivity index is 2.56. The number of benzene rings is 1. The number of anilines is 1. The molecule has 0 aliphatic heterocycles. The van der Waals surface area contributed by atoms with E-state index in [0.717, 1.165) is 6.07 Å². The second kappa shape index (κ2) is 6.33. The van der Waals surface area contributed by atoms with E-state index in [9.17, 15) is 22.4 Å². The first-order valence-electron chi connectivity index (χ1n) is 5.09. The molecule has 0 heterocycles. The Morgan fingerprint density at radius 2 is 2.05 bits per heavy atom. The fraction of sp³-hybridized carbons (Fsp3) is 0.364. The number of rotatable bonds is 4. The lowest BCUT2D eigenvalue weighted by Crippen LogP contribution is -2.24. The second-order valence-corrected chi connectivity index (χ2v) is 4.59. The van der Waals surface area contributed by atoms with Crippen molar-refractivity contribution in [2.24, 2.45) is 0 Å². The topological polar surface area (TPSA) is 38.3 Å². The number of ether oxygens (including phenoxy) is 1. The molecule has 0 unspecified atom stereocenters. The lowest BCUT2D eigenvalue weighted by atomic mass is 10.2. The monoisotopic (exact) mass is 343 g/mol. The summed E-state index contributed by atoms with van der Waals surface area (Å²) in [7, 11) is 0. The molecule has 1 aromatic rings. The van der Waals surface area contributed by atoms with Gasteiger partial charge in [-0.05, 0) is 40.5 Å². The summed E-state index contributed by atoms with van der Waals surface area (Å²) in [6.07, 6.45) is -4.49. The zero-order chi connectivity index (χ0) is 14.6. The van der Waals surface area contributed by atoms with E-state index in [1.165, 1.54) is 6.07 Å². The van der Waals surface area contributed by atoms with Crippen molar-refractivity contribution in [1.82, 2.24) is 0 Å². The summed E-state index contributed by atoms with van der Waals surface area (Å²) >= 11 is 2.97. The Kier molecular flexibility index (Phi) is 5.30. The van der Waals surface area contributed by atoms with Gasteiger partial charge in [0.15, 0.2) is 0 Å². The van der Waals surface area contributed by atoms with Crippen molar-refractivity contribution in [2.75, 3.05) is 18.5 Å². The van der Waals surface area contributed by atoms with Crippen LogP contribution in [0.5, 0.6) is 0 Å². The number of nitrogens with one attached hydrogen (secondary N) is 1. The largest absolute Gasteiger partial charge is 0.411 e. The van der Waals surface area contributed by atoms with Crippen LogP contribution in [0, 0.1) is 12.7 Å². The van der Waals surface area contributed by atoms with E-state index in [1.807, 2.05) is 0 Å².